The van der Waals surface area contributed by atoms with Crippen molar-refractivity contribution in [1.29, 1.82) is 0 Å². The third kappa shape index (κ3) is 1.80. The average molecular weight is 219 g/mol. The van der Waals surface area contributed by atoms with Crippen LogP contribution in [0.15, 0.2) is 18.6 Å². The minimum absolute atomic E-state index is 0.523. The van der Waals surface area contributed by atoms with Crippen molar-refractivity contribution < 1.29 is 0 Å². The van der Waals surface area contributed by atoms with Crippen LogP contribution in [0.25, 0.3) is 5.65 Å². The molecule has 0 spiro atoms. The van der Waals surface area contributed by atoms with Gasteiger partial charge in [-0.1, -0.05) is 6.92 Å². The molecule has 0 aliphatic heterocycles. The van der Waals surface area contributed by atoms with Crippen LogP contribution in [0.1, 0.15) is 20.3 Å². The molecule has 2 aromatic rings. The van der Waals surface area contributed by atoms with E-state index in [1.807, 2.05) is 10.6 Å². The van der Waals surface area contributed by atoms with Crippen LogP contribution in [0, 0.1) is 0 Å². The van der Waals surface area contributed by atoms with Crippen molar-refractivity contribution in [3.8, 4) is 0 Å². The molecule has 0 aromatic carbocycles. The summed E-state index contributed by atoms with van der Waals surface area (Å²) in [5, 5.41) is 0. The van der Waals surface area contributed by atoms with E-state index in [-0.39, 0.29) is 0 Å². The molecular weight excluding hydrogens is 202 g/mol. The zero-order valence-electron chi connectivity index (χ0n) is 9.72. The van der Waals surface area contributed by atoms with Crippen molar-refractivity contribution in [2.24, 2.45) is 0 Å². The van der Waals surface area contributed by atoms with Gasteiger partial charge >= 0.3 is 0 Å². The van der Waals surface area contributed by atoms with Crippen molar-refractivity contribution in [3.05, 3.63) is 18.6 Å². The molecular formula is C11H17N5. The van der Waals surface area contributed by atoms with Gasteiger partial charge < -0.3 is 15.0 Å². The normalized spacial score (nSPS) is 10.9. The second kappa shape index (κ2) is 4.38. The quantitative estimate of drug-likeness (QED) is 0.847. The molecule has 5 heteroatoms. The van der Waals surface area contributed by atoms with Gasteiger partial charge in [-0.25, -0.2) is 9.97 Å². The van der Waals surface area contributed by atoms with Crippen LogP contribution >= 0.6 is 0 Å². The largest absolute Gasteiger partial charge is 0.382 e. The molecule has 0 aliphatic carbocycles. The number of aromatic nitrogens is 3. The summed E-state index contributed by atoms with van der Waals surface area (Å²) in [6, 6.07) is 0. The molecule has 0 saturated carbocycles. The molecule has 0 unspecified atom stereocenters. The predicted molar refractivity (Wildman–Crippen MR) is 65.6 cm³/mol. The van der Waals surface area contributed by atoms with Gasteiger partial charge in [-0.15, -0.1) is 0 Å². The first-order chi connectivity index (χ1) is 7.76. The van der Waals surface area contributed by atoms with Gasteiger partial charge in [-0.3, -0.25) is 0 Å². The van der Waals surface area contributed by atoms with E-state index in [2.05, 4.69) is 28.7 Å². The average Bonchev–Trinajstić information content (AvgIpc) is 2.72. The van der Waals surface area contributed by atoms with Crippen LogP contribution in [0.2, 0.25) is 0 Å². The molecule has 0 aliphatic rings. The number of rotatable bonds is 4. The second-order valence-corrected chi connectivity index (χ2v) is 3.73. The lowest BCUT2D eigenvalue weighted by Crippen LogP contribution is -2.25. The maximum absolute atomic E-state index is 5.79. The molecule has 0 amide bonds. The Morgan fingerprint density at radius 2 is 2.25 bits per heavy atom. The van der Waals surface area contributed by atoms with Crippen LogP contribution in [-0.4, -0.2) is 27.5 Å². The smallest absolute Gasteiger partial charge is 0.180 e. The minimum atomic E-state index is 0.523. The van der Waals surface area contributed by atoms with Gasteiger partial charge in [-0.05, 0) is 13.3 Å². The molecule has 5 nitrogen and oxygen atoms in total. The fourth-order valence-corrected chi connectivity index (χ4v) is 1.83. The number of hydrogen-bond donors (Lipinski definition) is 1. The number of nitrogen functional groups attached to an aromatic ring is 1. The summed E-state index contributed by atoms with van der Waals surface area (Å²) >= 11 is 0. The zero-order valence-corrected chi connectivity index (χ0v) is 9.72. The van der Waals surface area contributed by atoms with E-state index >= 15 is 0 Å². The first-order valence-electron chi connectivity index (χ1n) is 5.60. The topological polar surface area (TPSA) is 59.5 Å². The van der Waals surface area contributed by atoms with Gasteiger partial charge in [0, 0.05) is 25.5 Å². The monoisotopic (exact) mass is 219 g/mol. The van der Waals surface area contributed by atoms with Gasteiger partial charge in [0.25, 0.3) is 0 Å². The number of fused-ring (bicyclic) bond motifs is 1. The lowest BCUT2D eigenvalue weighted by atomic mass is 10.4. The van der Waals surface area contributed by atoms with Crippen molar-refractivity contribution in [2.45, 2.75) is 20.3 Å². The Hall–Kier alpha value is -1.78. The van der Waals surface area contributed by atoms with Crippen LogP contribution in [0.5, 0.6) is 0 Å². The number of imidazole rings is 1. The molecule has 0 saturated heterocycles. The standard InChI is InChI=1S/C11H17N5/c1-3-6-15(4-2)11-10-13-5-7-16(10)8-9(12)14-11/h5,7-8H,3-4,6,12H2,1-2H3. The zero-order chi connectivity index (χ0) is 11.5. The van der Waals surface area contributed by atoms with Gasteiger partial charge in [0.05, 0.1) is 6.20 Å². The highest BCUT2D eigenvalue weighted by molar-refractivity contribution is 5.66. The highest BCUT2D eigenvalue weighted by Crippen LogP contribution is 2.19. The Morgan fingerprint density at radius 3 is 2.94 bits per heavy atom. The van der Waals surface area contributed by atoms with Crippen LogP contribution in [0.3, 0.4) is 0 Å². The van der Waals surface area contributed by atoms with Crippen molar-refractivity contribution in [3.63, 3.8) is 0 Å². The molecule has 16 heavy (non-hydrogen) atoms. The second-order valence-electron chi connectivity index (χ2n) is 3.73. The fourth-order valence-electron chi connectivity index (χ4n) is 1.83. The van der Waals surface area contributed by atoms with Crippen molar-refractivity contribution in [1.82, 2.24) is 14.4 Å². The molecule has 2 heterocycles. The van der Waals surface area contributed by atoms with E-state index in [0.717, 1.165) is 31.0 Å². The van der Waals surface area contributed by atoms with Crippen LogP contribution < -0.4 is 10.6 Å². The Balaban J connectivity index is 2.52. The maximum Gasteiger partial charge on any atom is 0.180 e. The van der Waals surface area contributed by atoms with E-state index in [9.17, 15) is 0 Å². The van der Waals surface area contributed by atoms with E-state index < -0.39 is 0 Å². The summed E-state index contributed by atoms with van der Waals surface area (Å²) in [4.78, 5) is 10.9. The first kappa shape index (κ1) is 10.7. The summed E-state index contributed by atoms with van der Waals surface area (Å²) in [5.74, 6) is 1.39. The van der Waals surface area contributed by atoms with E-state index in [1.165, 1.54) is 0 Å². The van der Waals surface area contributed by atoms with E-state index in [0.29, 0.717) is 5.82 Å². The third-order valence-electron chi connectivity index (χ3n) is 2.55. The maximum atomic E-state index is 5.79. The lowest BCUT2D eigenvalue weighted by Gasteiger charge is -2.21. The van der Waals surface area contributed by atoms with Crippen molar-refractivity contribution >= 4 is 17.3 Å². The molecule has 0 fully saturated rings. The Labute approximate surface area is 94.9 Å². The third-order valence-corrected chi connectivity index (χ3v) is 2.55. The summed E-state index contributed by atoms with van der Waals surface area (Å²) in [7, 11) is 0. The predicted octanol–water partition coefficient (Wildman–Crippen LogP) is 1.55. The molecule has 0 bridgehead atoms. The van der Waals surface area contributed by atoms with Crippen molar-refractivity contribution in [2.75, 3.05) is 23.7 Å². The Kier molecular flexibility index (Phi) is 2.94. The summed E-state index contributed by atoms with van der Waals surface area (Å²) in [6.45, 7) is 6.14. The molecule has 2 N–H and O–H groups in total. The number of nitrogens with zero attached hydrogens (tertiary/aromatic N) is 4. The Bertz CT molecular complexity index is 476. The van der Waals surface area contributed by atoms with Gasteiger partial charge in [0.1, 0.15) is 5.82 Å². The molecule has 2 rings (SSSR count). The summed E-state index contributed by atoms with van der Waals surface area (Å²) in [5.41, 5.74) is 6.65. The van der Waals surface area contributed by atoms with Crippen LogP contribution in [-0.2, 0) is 0 Å². The molecule has 0 radical (unpaired) electrons. The number of nitrogens with two attached hydrogens (primary N) is 1. The van der Waals surface area contributed by atoms with Gasteiger partial charge in [0.15, 0.2) is 11.5 Å². The highest BCUT2D eigenvalue weighted by atomic mass is 15.2. The minimum Gasteiger partial charge on any atom is -0.382 e. The molecule has 86 valence electrons. The van der Waals surface area contributed by atoms with Gasteiger partial charge in [0.2, 0.25) is 0 Å². The lowest BCUT2D eigenvalue weighted by molar-refractivity contribution is 0.778. The summed E-state index contributed by atoms with van der Waals surface area (Å²) < 4.78 is 1.91. The molecule has 2 aromatic heterocycles. The van der Waals surface area contributed by atoms with Gasteiger partial charge in [-0.2, -0.15) is 0 Å². The van der Waals surface area contributed by atoms with E-state index in [1.54, 1.807) is 12.4 Å². The first-order valence-corrected chi connectivity index (χ1v) is 5.60. The van der Waals surface area contributed by atoms with E-state index in [4.69, 9.17) is 5.73 Å². The number of anilines is 2. The SMILES string of the molecule is CCCN(CC)c1nc(N)cn2ccnc12. The Morgan fingerprint density at radius 1 is 1.44 bits per heavy atom. The fraction of sp³-hybridized carbons (Fsp3) is 0.455. The summed E-state index contributed by atoms with van der Waals surface area (Å²) in [6.07, 6.45) is 6.51. The number of hydrogen-bond acceptors (Lipinski definition) is 4. The molecule has 0 atom stereocenters. The highest BCUT2D eigenvalue weighted by Gasteiger charge is 2.11. The van der Waals surface area contributed by atoms with Crippen LogP contribution in [0.4, 0.5) is 11.6 Å².